The minimum absolute atomic E-state index is 0.0341. The summed E-state index contributed by atoms with van der Waals surface area (Å²) in [5, 5.41) is 0. The number of hydrogen-bond donors (Lipinski definition) is 1. The van der Waals surface area contributed by atoms with Gasteiger partial charge in [-0.15, -0.1) is 0 Å². The number of nitrogen functional groups attached to an aromatic ring is 1. The maximum atomic E-state index is 12.6. The van der Waals surface area contributed by atoms with Crippen molar-refractivity contribution in [3.05, 3.63) is 23.8 Å². The molecule has 1 aliphatic carbocycles. The number of sulfonamides is 1. The van der Waals surface area contributed by atoms with Crippen LogP contribution in [0.25, 0.3) is 0 Å². The van der Waals surface area contributed by atoms with E-state index in [1.54, 1.807) is 0 Å². The second kappa shape index (κ2) is 5.65. The molecule has 1 aromatic carbocycles. The van der Waals surface area contributed by atoms with Gasteiger partial charge in [-0.1, -0.05) is 6.92 Å². The number of nitrogens with zero attached hydrogens (tertiary/aromatic N) is 1. The smallest absolute Gasteiger partial charge is 0.339 e. The maximum absolute atomic E-state index is 12.6. The molecule has 1 saturated carbocycles. The Morgan fingerprint density at radius 2 is 2.10 bits per heavy atom. The second-order valence-electron chi connectivity index (χ2n) is 5.51. The monoisotopic (exact) mass is 312 g/mol. The van der Waals surface area contributed by atoms with Crippen LogP contribution in [0.2, 0.25) is 0 Å². The predicted octanol–water partition coefficient (Wildman–Crippen LogP) is 1.33. The number of carbonyl (C=O) groups is 1. The van der Waals surface area contributed by atoms with E-state index in [9.17, 15) is 13.2 Å². The van der Waals surface area contributed by atoms with Crippen LogP contribution in [0.4, 0.5) is 5.69 Å². The molecule has 1 aliphatic rings. The zero-order chi connectivity index (χ0) is 15.8. The average molecular weight is 312 g/mol. The zero-order valence-electron chi connectivity index (χ0n) is 12.4. The van der Waals surface area contributed by atoms with Crippen molar-refractivity contribution in [2.24, 2.45) is 11.8 Å². The lowest BCUT2D eigenvalue weighted by Crippen LogP contribution is -2.30. The summed E-state index contributed by atoms with van der Waals surface area (Å²) in [4.78, 5) is 11.7. The molecule has 0 bridgehead atoms. The minimum atomic E-state index is -3.74. The van der Waals surface area contributed by atoms with Gasteiger partial charge in [-0.3, -0.25) is 0 Å². The third-order valence-electron chi connectivity index (χ3n) is 3.86. The van der Waals surface area contributed by atoms with E-state index < -0.39 is 16.0 Å². The molecule has 0 amide bonds. The molecule has 2 N–H and O–H groups in total. The Kier molecular flexibility index (Phi) is 4.25. The summed E-state index contributed by atoms with van der Waals surface area (Å²) >= 11 is 0. The topological polar surface area (TPSA) is 89.7 Å². The lowest BCUT2D eigenvalue weighted by atomic mass is 10.2. The van der Waals surface area contributed by atoms with Gasteiger partial charge >= 0.3 is 5.97 Å². The van der Waals surface area contributed by atoms with Gasteiger partial charge in [0.1, 0.15) is 0 Å². The molecule has 0 radical (unpaired) electrons. The molecule has 1 aromatic rings. The lowest BCUT2D eigenvalue weighted by molar-refractivity contribution is 0.0596. The van der Waals surface area contributed by atoms with Crippen molar-refractivity contribution in [3.63, 3.8) is 0 Å². The van der Waals surface area contributed by atoms with Crippen molar-refractivity contribution in [2.75, 3.05) is 26.4 Å². The van der Waals surface area contributed by atoms with E-state index in [4.69, 9.17) is 5.73 Å². The van der Waals surface area contributed by atoms with Crippen LogP contribution in [-0.4, -0.2) is 39.4 Å². The molecule has 21 heavy (non-hydrogen) atoms. The number of nitrogens with two attached hydrogens (primary N) is 1. The van der Waals surface area contributed by atoms with E-state index in [-0.39, 0.29) is 10.5 Å². The summed E-state index contributed by atoms with van der Waals surface area (Å²) in [6.45, 7) is 2.54. The molecular weight excluding hydrogens is 292 g/mol. The highest BCUT2D eigenvalue weighted by atomic mass is 32.2. The van der Waals surface area contributed by atoms with Gasteiger partial charge in [-0.05, 0) is 36.5 Å². The van der Waals surface area contributed by atoms with Gasteiger partial charge < -0.3 is 10.5 Å². The van der Waals surface area contributed by atoms with Crippen LogP contribution in [0, 0.1) is 11.8 Å². The number of hydrogen-bond acceptors (Lipinski definition) is 5. The fourth-order valence-electron chi connectivity index (χ4n) is 2.29. The lowest BCUT2D eigenvalue weighted by Gasteiger charge is -2.19. The summed E-state index contributed by atoms with van der Waals surface area (Å²) in [7, 11) is -1.01. The Morgan fingerprint density at radius 3 is 2.62 bits per heavy atom. The average Bonchev–Trinajstić information content (AvgIpc) is 3.12. The first-order valence-corrected chi connectivity index (χ1v) is 8.15. The molecule has 1 fully saturated rings. The first kappa shape index (κ1) is 15.8. The number of anilines is 1. The van der Waals surface area contributed by atoms with Crippen molar-refractivity contribution >= 4 is 21.7 Å². The normalized spacial score (nSPS) is 21.3. The molecule has 2 unspecified atom stereocenters. The molecule has 6 nitrogen and oxygen atoms in total. The summed E-state index contributed by atoms with van der Waals surface area (Å²) in [6, 6.07) is 4.14. The van der Waals surface area contributed by atoms with E-state index in [1.165, 1.54) is 36.7 Å². The quantitative estimate of drug-likeness (QED) is 0.654. The van der Waals surface area contributed by atoms with E-state index in [1.807, 2.05) is 0 Å². The second-order valence-corrected chi connectivity index (χ2v) is 7.52. The number of carbonyl (C=O) groups excluding carboxylic acids is 1. The van der Waals surface area contributed by atoms with Crippen LogP contribution in [0.5, 0.6) is 0 Å². The standard InChI is InChI=1S/C14H20N2O4S/c1-9-6-10(9)8-16(2)21(18,19)13-5-4-11(15)7-12(13)14(17)20-3/h4-5,7,9-10H,6,8,15H2,1-3H3. The van der Waals surface area contributed by atoms with E-state index in [2.05, 4.69) is 11.7 Å². The largest absolute Gasteiger partial charge is 0.465 e. The molecule has 0 heterocycles. The highest BCUT2D eigenvalue weighted by Gasteiger charge is 2.37. The summed E-state index contributed by atoms with van der Waals surface area (Å²) in [5.74, 6) is 0.225. The van der Waals surface area contributed by atoms with Gasteiger partial charge in [0, 0.05) is 19.3 Å². The van der Waals surface area contributed by atoms with Crippen molar-refractivity contribution < 1.29 is 17.9 Å². The van der Waals surface area contributed by atoms with Crippen LogP contribution >= 0.6 is 0 Å². The minimum Gasteiger partial charge on any atom is -0.465 e. The molecule has 2 atom stereocenters. The van der Waals surface area contributed by atoms with Crippen LogP contribution in [-0.2, 0) is 14.8 Å². The van der Waals surface area contributed by atoms with Gasteiger partial charge in [-0.2, -0.15) is 0 Å². The molecule has 0 saturated heterocycles. The van der Waals surface area contributed by atoms with Crippen LogP contribution in [0.3, 0.4) is 0 Å². The third-order valence-corrected chi connectivity index (χ3v) is 5.75. The SMILES string of the molecule is COC(=O)c1cc(N)ccc1S(=O)(=O)N(C)CC1CC1C. The number of esters is 1. The van der Waals surface area contributed by atoms with Crippen LogP contribution in [0.15, 0.2) is 23.1 Å². The maximum Gasteiger partial charge on any atom is 0.339 e. The van der Waals surface area contributed by atoms with Gasteiger partial charge in [-0.25, -0.2) is 17.5 Å². The Bertz CT molecular complexity index is 657. The highest BCUT2D eigenvalue weighted by molar-refractivity contribution is 7.89. The van der Waals surface area contributed by atoms with E-state index in [0.717, 1.165) is 6.42 Å². The summed E-state index contributed by atoms with van der Waals surface area (Å²) < 4.78 is 31.2. The van der Waals surface area contributed by atoms with Crippen molar-refractivity contribution in [2.45, 2.75) is 18.2 Å². The third kappa shape index (κ3) is 3.19. The van der Waals surface area contributed by atoms with Gasteiger partial charge in [0.05, 0.1) is 17.6 Å². The fourth-order valence-corrected chi connectivity index (χ4v) is 3.68. The Labute approximate surface area is 124 Å². The number of benzene rings is 1. The van der Waals surface area contributed by atoms with Crippen LogP contribution in [0.1, 0.15) is 23.7 Å². The van der Waals surface area contributed by atoms with Gasteiger partial charge in [0.15, 0.2) is 0 Å². The van der Waals surface area contributed by atoms with E-state index >= 15 is 0 Å². The molecular formula is C14H20N2O4S. The summed E-state index contributed by atoms with van der Waals surface area (Å²) in [5.41, 5.74) is 5.91. The van der Waals surface area contributed by atoms with Crippen molar-refractivity contribution in [3.8, 4) is 0 Å². The summed E-state index contributed by atoms with van der Waals surface area (Å²) in [6.07, 6.45) is 1.03. The number of methoxy groups -OCH3 is 1. The number of ether oxygens (including phenoxy) is 1. The van der Waals surface area contributed by atoms with Crippen LogP contribution < -0.4 is 5.73 Å². The van der Waals surface area contributed by atoms with Crippen molar-refractivity contribution in [1.82, 2.24) is 4.31 Å². The molecule has 0 aromatic heterocycles. The first-order valence-electron chi connectivity index (χ1n) is 6.71. The first-order chi connectivity index (χ1) is 9.77. The molecule has 0 spiro atoms. The molecule has 7 heteroatoms. The van der Waals surface area contributed by atoms with Crippen molar-refractivity contribution in [1.29, 1.82) is 0 Å². The Hall–Kier alpha value is -1.60. The highest BCUT2D eigenvalue weighted by Crippen LogP contribution is 2.39. The Balaban J connectivity index is 2.37. The van der Waals surface area contributed by atoms with Gasteiger partial charge in [0.2, 0.25) is 10.0 Å². The predicted molar refractivity (Wildman–Crippen MR) is 79.3 cm³/mol. The van der Waals surface area contributed by atoms with Gasteiger partial charge in [0.25, 0.3) is 0 Å². The fraction of sp³-hybridized carbons (Fsp3) is 0.500. The zero-order valence-corrected chi connectivity index (χ0v) is 13.2. The van der Waals surface area contributed by atoms with E-state index in [0.29, 0.717) is 24.1 Å². The number of rotatable bonds is 5. The molecule has 2 rings (SSSR count). The molecule has 116 valence electrons. The molecule has 0 aliphatic heterocycles. The Morgan fingerprint density at radius 1 is 1.48 bits per heavy atom.